The molecule has 10 aromatic carbocycles. The number of benzene rings is 10. The molecule has 11 aromatic rings. The summed E-state index contributed by atoms with van der Waals surface area (Å²) in [6.45, 7) is 0. The van der Waals surface area contributed by atoms with Crippen LogP contribution in [0.25, 0.3) is 67.3 Å². The van der Waals surface area contributed by atoms with Crippen LogP contribution in [-0.4, -0.2) is 9.97 Å². The van der Waals surface area contributed by atoms with Gasteiger partial charge < -0.3 is 5.73 Å². The van der Waals surface area contributed by atoms with E-state index in [-0.39, 0.29) is 0 Å². The number of aromatic nitrogens is 2. The van der Waals surface area contributed by atoms with E-state index in [1.807, 2.05) is 12.1 Å². The van der Waals surface area contributed by atoms with Gasteiger partial charge in [-0.2, -0.15) is 0 Å². The van der Waals surface area contributed by atoms with Crippen molar-refractivity contribution in [3.63, 3.8) is 0 Å². The Hall–Kier alpha value is -8.92. The van der Waals surface area contributed by atoms with Crippen LogP contribution in [0.15, 0.2) is 261 Å². The quantitative estimate of drug-likeness (QED) is 0.155. The van der Waals surface area contributed by atoms with Crippen molar-refractivity contribution in [1.82, 2.24) is 9.97 Å². The Morgan fingerprint density at radius 3 is 0.986 bits per heavy atom. The van der Waals surface area contributed by atoms with Crippen molar-refractivity contribution in [2.45, 2.75) is 10.8 Å². The van der Waals surface area contributed by atoms with Gasteiger partial charge in [0, 0.05) is 22.4 Å². The summed E-state index contributed by atoms with van der Waals surface area (Å²) in [6, 6.07) is 94.4. The molecule has 324 valence electrons. The minimum absolute atomic E-state index is 0.547. The normalized spacial score (nSPS) is 13.5. The maximum atomic E-state index is 6.06. The fourth-order valence-electron chi connectivity index (χ4n) is 11.6. The Kier molecular flexibility index (Phi) is 9.45. The van der Waals surface area contributed by atoms with Crippen LogP contribution >= 0.6 is 0 Å². The predicted octanol–water partition coefficient (Wildman–Crippen LogP) is 15.5. The molecule has 0 aliphatic heterocycles. The zero-order chi connectivity index (χ0) is 45.9. The van der Waals surface area contributed by atoms with Crippen LogP contribution in [0.5, 0.6) is 0 Å². The number of hydrogen-bond donors (Lipinski definition) is 1. The topological polar surface area (TPSA) is 51.8 Å². The number of nitrogens with zero attached hydrogens (tertiary/aromatic N) is 2. The van der Waals surface area contributed by atoms with Crippen LogP contribution in [0, 0.1) is 0 Å². The summed E-state index contributed by atoms with van der Waals surface area (Å²) in [5.74, 6) is 0.661. The van der Waals surface area contributed by atoms with Crippen LogP contribution in [0.3, 0.4) is 0 Å². The van der Waals surface area contributed by atoms with E-state index in [1.54, 1.807) is 0 Å². The van der Waals surface area contributed by atoms with Crippen molar-refractivity contribution < 1.29 is 0 Å². The van der Waals surface area contributed by atoms with Crippen molar-refractivity contribution >= 4 is 5.69 Å². The molecule has 0 bridgehead atoms. The first kappa shape index (κ1) is 40.4. The fourth-order valence-corrected chi connectivity index (χ4v) is 11.6. The van der Waals surface area contributed by atoms with Gasteiger partial charge in [0.25, 0.3) is 0 Å². The molecule has 0 unspecified atom stereocenters. The molecule has 1 heterocycles. The van der Waals surface area contributed by atoms with Gasteiger partial charge in [0.1, 0.15) is 0 Å². The molecule has 0 atom stereocenters. The van der Waals surface area contributed by atoms with Crippen LogP contribution in [0.2, 0.25) is 0 Å². The molecule has 2 aliphatic carbocycles. The van der Waals surface area contributed by atoms with Gasteiger partial charge in [-0.3, -0.25) is 0 Å². The molecule has 69 heavy (non-hydrogen) atoms. The SMILES string of the molecule is Nc1ccc(-c2ccc(-c3nc(-c4ccc5c(c4)C(c4ccccc4)(c4ccccc4)c4ccccc4-5)cc(-c4ccc5c(c4)C(c4ccccc4)(c4ccccc4)c4ccccc4-5)n3)cc2)cc1. The Bertz CT molecular complexity index is 3420. The lowest BCUT2D eigenvalue weighted by Gasteiger charge is -2.34. The fraction of sp³-hybridized carbons (Fsp3) is 0.0303. The predicted molar refractivity (Wildman–Crippen MR) is 283 cm³/mol. The molecule has 1 aromatic heterocycles. The maximum Gasteiger partial charge on any atom is 0.160 e. The van der Waals surface area contributed by atoms with E-state index in [9.17, 15) is 0 Å². The van der Waals surface area contributed by atoms with Gasteiger partial charge in [-0.05, 0) is 108 Å². The second-order valence-electron chi connectivity index (χ2n) is 18.2. The molecule has 0 radical (unpaired) electrons. The lowest BCUT2D eigenvalue weighted by Crippen LogP contribution is -2.28. The minimum atomic E-state index is -0.547. The smallest absolute Gasteiger partial charge is 0.160 e. The summed E-state index contributed by atoms with van der Waals surface area (Å²) in [5.41, 5.74) is 27.5. The summed E-state index contributed by atoms with van der Waals surface area (Å²) < 4.78 is 0. The molecule has 2 N–H and O–H groups in total. The average molecular weight is 880 g/mol. The number of fused-ring (bicyclic) bond motifs is 6. The lowest BCUT2D eigenvalue weighted by molar-refractivity contribution is 0.768. The molecule has 2 aliphatic rings. The molecule has 0 saturated heterocycles. The number of rotatable bonds is 8. The largest absolute Gasteiger partial charge is 0.399 e. The zero-order valence-corrected chi connectivity index (χ0v) is 37.8. The van der Waals surface area contributed by atoms with Gasteiger partial charge in [0.15, 0.2) is 5.82 Å². The second-order valence-corrected chi connectivity index (χ2v) is 18.2. The number of hydrogen-bond acceptors (Lipinski definition) is 3. The molecule has 0 fully saturated rings. The van der Waals surface area contributed by atoms with Gasteiger partial charge in [-0.15, -0.1) is 0 Å². The molecular weight excluding hydrogens is 835 g/mol. The highest BCUT2D eigenvalue weighted by Crippen LogP contribution is 2.58. The highest BCUT2D eigenvalue weighted by atomic mass is 14.9. The van der Waals surface area contributed by atoms with Gasteiger partial charge in [-0.25, -0.2) is 9.97 Å². The summed E-state index contributed by atoms with van der Waals surface area (Å²) in [7, 11) is 0. The Balaban J connectivity index is 1.04. The van der Waals surface area contributed by atoms with Crippen molar-refractivity contribution in [2.24, 2.45) is 0 Å². The Morgan fingerprint density at radius 1 is 0.261 bits per heavy atom. The first-order valence-electron chi connectivity index (χ1n) is 23.7. The number of anilines is 1. The molecule has 0 spiro atoms. The Morgan fingerprint density at radius 2 is 0.580 bits per heavy atom. The summed E-state index contributed by atoms with van der Waals surface area (Å²) in [5, 5.41) is 0. The Labute approximate surface area is 402 Å². The zero-order valence-electron chi connectivity index (χ0n) is 37.8. The van der Waals surface area contributed by atoms with Crippen LogP contribution in [-0.2, 0) is 10.8 Å². The number of nitrogen functional groups attached to an aromatic ring is 1. The minimum Gasteiger partial charge on any atom is -0.399 e. The average Bonchev–Trinajstić information content (AvgIpc) is 3.90. The van der Waals surface area contributed by atoms with E-state index in [1.165, 1.54) is 66.8 Å². The molecule has 0 saturated carbocycles. The highest BCUT2D eigenvalue weighted by molar-refractivity contribution is 5.90. The molecular formula is C66H45N3. The first-order chi connectivity index (χ1) is 34.1. The van der Waals surface area contributed by atoms with E-state index in [0.29, 0.717) is 5.82 Å². The molecule has 3 nitrogen and oxygen atoms in total. The second kappa shape index (κ2) is 16.2. The highest BCUT2D eigenvalue weighted by Gasteiger charge is 2.47. The van der Waals surface area contributed by atoms with Crippen LogP contribution < -0.4 is 5.73 Å². The monoisotopic (exact) mass is 879 g/mol. The third-order valence-electron chi connectivity index (χ3n) is 14.6. The molecule has 13 rings (SSSR count). The standard InChI is InChI=1S/C66H45N3/c67-53-37-33-45(34-38-53)44-29-31-46(32-30-44)64-68-62(47-35-39-56-54-25-13-15-27-58(54)65(60(56)41-47,49-17-5-1-6-18-49)50-19-7-2-8-20-50)43-63(69-64)48-36-40-57-55-26-14-16-28-59(55)66(61(57)42-48,51-21-9-3-10-22-51)52-23-11-4-12-24-52/h1-43H,67H2. The van der Waals surface area contributed by atoms with Crippen LogP contribution in [0.1, 0.15) is 44.5 Å². The number of nitrogens with two attached hydrogens (primary N) is 1. The van der Waals surface area contributed by atoms with E-state index < -0.39 is 10.8 Å². The van der Waals surface area contributed by atoms with Gasteiger partial charge in [0.05, 0.1) is 22.2 Å². The van der Waals surface area contributed by atoms with Gasteiger partial charge >= 0.3 is 0 Å². The van der Waals surface area contributed by atoms with E-state index in [2.05, 4.69) is 249 Å². The summed E-state index contributed by atoms with van der Waals surface area (Å²) >= 11 is 0. The lowest BCUT2D eigenvalue weighted by atomic mass is 9.67. The van der Waals surface area contributed by atoms with Crippen molar-refractivity contribution in [3.8, 4) is 67.3 Å². The van der Waals surface area contributed by atoms with Gasteiger partial charge in [0.2, 0.25) is 0 Å². The molecule has 0 amide bonds. The van der Waals surface area contributed by atoms with Crippen molar-refractivity contribution in [1.29, 1.82) is 0 Å². The van der Waals surface area contributed by atoms with E-state index in [4.69, 9.17) is 15.7 Å². The van der Waals surface area contributed by atoms with E-state index >= 15 is 0 Å². The first-order valence-corrected chi connectivity index (χ1v) is 23.7. The van der Waals surface area contributed by atoms with Crippen molar-refractivity contribution in [3.05, 3.63) is 305 Å². The summed E-state index contributed by atoms with van der Waals surface area (Å²) in [4.78, 5) is 11.0. The van der Waals surface area contributed by atoms with Gasteiger partial charge in [-0.1, -0.05) is 231 Å². The summed E-state index contributed by atoms with van der Waals surface area (Å²) in [6.07, 6.45) is 0. The van der Waals surface area contributed by atoms with Crippen molar-refractivity contribution in [2.75, 3.05) is 5.73 Å². The third kappa shape index (κ3) is 6.28. The third-order valence-corrected chi connectivity index (χ3v) is 14.6. The molecule has 3 heteroatoms. The van der Waals surface area contributed by atoms with Crippen LogP contribution in [0.4, 0.5) is 5.69 Å². The van der Waals surface area contributed by atoms with E-state index in [0.717, 1.165) is 44.9 Å². The maximum absolute atomic E-state index is 6.06.